The highest BCUT2D eigenvalue weighted by Crippen LogP contribution is 2.52. The van der Waals surface area contributed by atoms with Crippen molar-refractivity contribution < 1.29 is 24.4 Å². The van der Waals surface area contributed by atoms with E-state index in [0.717, 1.165) is 30.4 Å². The minimum absolute atomic E-state index is 0.0156. The number of phenolic OH excluding ortho intramolecular Hbond substituents is 1. The van der Waals surface area contributed by atoms with E-state index >= 15 is 0 Å². The van der Waals surface area contributed by atoms with Crippen molar-refractivity contribution >= 4 is 36.4 Å². The fourth-order valence-corrected chi connectivity index (χ4v) is 7.14. The Hall–Kier alpha value is -2.67. The largest absolute Gasteiger partial charge is 0.508 e. The number of allylic oxidation sites excluding steroid dienone is 2. The van der Waals surface area contributed by atoms with Gasteiger partial charge in [0.2, 0.25) is 0 Å². The third-order valence-corrected chi connectivity index (χ3v) is 8.97. The van der Waals surface area contributed by atoms with Crippen molar-refractivity contribution in [3.63, 3.8) is 0 Å². The molecule has 0 radical (unpaired) electrons. The molecule has 2 aliphatic carbocycles. The minimum Gasteiger partial charge on any atom is -0.508 e. The van der Waals surface area contributed by atoms with Crippen molar-refractivity contribution in [2.24, 2.45) is 23.7 Å². The Kier molecular flexibility index (Phi) is 8.18. The van der Waals surface area contributed by atoms with Crippen molar-refractivity contribution in [2.45, 2.75) is 65.3 Å². The Morgan fingerprint density at radius 3 is 2.49 bits per heavy atom. The second-order valence-electron chi connectivity index (χ2n) is 11.5. The predicted molar refractivity (Wildman–Crippen MR) is 155 cm³/mol. The first-order valence-corrected chi connectivity index (χ1v) is 14.5. The van der Waals surface area contributed by atoms with E-state index in [9.17, 15) is 19.7 Å². The lowest BCUT2D eigenvalue weighted by molar-refractivity contribution is 0.0593. The Labute approximate surface area is 236 Å². The van der Waals surface area contributed by atoms with Gasteiger partial charge in [0.15, 0.2) is 11.6 Å². The zero-order valence-corrected chi connectivity index (χ0v) is 23.6. The number of ketones is 2. The lowest BCUT2D eigenvalue weighted by Crippen LogP contribution is -2.51. The summed E-state index contributed by atoms with van der Waals surface area (Å²) in [7, 11) is -0.985. The van der Waals surface area contributed by atoms with Crippen LogP contribution in [-0.2, 0) is 4.65 Å². The second-order valence-corrected chi connectivity index (χ2v) is 11.9. The van der Waals surface area contributed by atoms with Crippen molar-refractivity contribution in [2.75, 3.05) is 0 Å². The molecule has 0 bridgehead atoms. The van der Waals surface area contributed by atoms with Crippen LogP contribution in [0.15, 0.2) is 59.2 Å². The fraction of sp³-hybridized carbons (Fsp3) is 0.438. The van der Waals surface area contributed by atoms with Gasteiger partial charge in [-0.3, -0.25) is 9.59 Å². The molecule has 5 nitrogen and oxygen atoms in total. The summed E-state index contributed by atoms with van der Waals surface area (Å²) >= 11 is 6.38. The molecule has 39 heavy (non-hydrogen) atoms. The molecule has 1 aliphatic heterocycles. The van der Waals surface area contributed by atoms with Crippen molar-refractivity contribution in [1.82, 2.24) is 0 Å². The summed E-state index contributed by atoms with van der Waals surface area (Å²) in [6.45, 7) is 6.41. The van der Waals surface area contributed by atoms with Crippen LogP contribution < -0.4 is 0 Å². The maximum absolute atomic E-state index is 13.8. The Morgan fingerprint density at radius 2 is 1.82 bits per heavy atom. The smallest absolute Gasteiger partial charge is 0.455 e. The van der Waals surface area contributed by atoms with Gasteiger partial charge in [0, 0.05) is 23.0 Å². The summed E-state index contributed by atoms with van der Waals surface area (Å²) in [5, 5.41) is 21.1. The summed E-state index contributed by atoms with van der Waals surface area (Å²) in [4.78, 5) is 27.4. The van der Waals surface area contributed by atoms with Gasteiger partial charge in [-0.1, -0.05) is 80.3 Å². The first-order valence-electron chi connectivity index (χ1n) is 14.1. The van der Waals surface area contributed by atoms with Gasteiger partial charge in [0.25, 0.3) is 0 Å². The van der Waals surface area contributed by atoms with Crippen LogP contribution in [0.1, 0.15) is 79.2 Å². The number of carbonyl (C=O) groups is 2. The Bertz CT molecular complexity index is 1350. The van der Waals surface area contributed by atoms with Gasteiger partial charge in [-0.2, -0.15) is 0 Å². The average Bonchev–Trinajstić information content (AvgIpc) is 2.90. The molecule has 7 heteroatoms. The maximum Gasteiger partial charge on any atom is 0.455 e. The average molecular weight is 547 g/mol. The normalized spacial score (nSPS) is 25.1. The molecule has 2 N–H and O–H groups in total. The van der Waals surface area contributed by atoms with Gasteiger partial charge >= 0.3 is 7.12 Å². The van der Waals surface area contributed by atoms with E-state index in [1.165, 1.54) is 11.1 Å². The zero-order chi connectivity index (χ0) is 27.8. The molecule has 5 rings (SSSR count). The number of aromatic hydroxyl groups is 1. The predicted octanol–water partition coefficient (Wildman–Crippen LogP) is 7.17. The highest BCUT2D eigenvalue weighted by molar-refractivity contribution is 6.43. The van der Waals surface area contributed by atoms with Crippen LogP contribution in [0, 0.1) is 23.7 Å². The van der Waals surface area contributed by atoms with Gasteiger partial charge in [0.05, 0.1) is 11.1 Å². The zero-order valence-electron chi connectivity index (χ0n) is 22.8. The quantitative estimate of drug-likeness (QED) is 0.284. The third-order valence-electron chi connectivity index (χ3n) is 8.64. The van der Waals surface area contributed by atoms with E-state index < -0.39 is 19.0 Å². The molecule has 1 heterocycles. The molecule has 0 amide bonds. The van der Waals surface area contributed by atoms with Crippen molar-refractivity contribution in [3.8, 4) is 5.75 Å². The van der Waals surface area contributed by atoms with Crippen LogP contribution in [0.4, 0.5) is 0 Å². The highest BCUT2D eigenvalue weighted by Gasteiger charge is 2.53. The van der Waals surface area contributed by atoms with E-state index in [-0.39, 0.29) is 35.3 Å². The Balaban J connectivity index is 1.48. The van der Waals surface area contributed by atoms with E-state index in [1.807, 2.05) is 18.2 Å². The molecule has 0 unspecified atom stereocenters. The molecule has 2 aromatic carbocycles. The van der Waals surface area contributed by atoms with Gasteiger partial charge in [-0.05, 0) is 73.2 Å². The molecule has 0 saturated carbocycles. The van der Waals surface area contributed by atoms with E-state index in [2.05, 4.69) is 26.8 Å². The number of hydrogen-bond donors (Lipinski definition) is 2. The second kappa shape index (κ2) is 11.4. The number of Topliss-reactive ketones (excluding diaryl/α,β-unsaturated/α-hetero) is 2. The number of phenols is 1. The number of rotatable bonds is 7. The van der Waals surface area contributed by atoms with Gasteiger partial charge in [0.1, 0.15) is 5.75 Å². The first-order chi connectivity index (χ1) is 18.7. The molecule has 0 aromatic heterocycles. The maximum atomic E-state index is 13.8. The summed E-state index contributed by atoms with van der Waals surface area (Å²) < 4.78 is 6.18. The third kappa shape index (κ3) is 5.39. The number of benzene rings is 2. The van der Waals surface area contributed by atoms with E-state index in [0.29, 0.717) is 35.3 Å². The molecule has 1 saturated heterocycles. The molecule has 4 atom stereocenters. The number of hydrogen-bond acceptors (Lipinski definition) is 5. The molecule has 204 valence electrons. The van der Waals surface area contributed by atoms with Gasteiger partial charge < -0.3 is 14.8 Å². The lowest BCUT2D eigenvalue weighted by Gasteiger charge is -2.48. The lowest BCUT2D eigenvalue weighted by atomic mass is 9.53. The van der Waals surface area contributed by atoms with Crippen molar-refractivity contribution in [3.05, 3.63) is 80.9 Å². The monoisotopic (exact) mass is 546 g/mol. The summed E-state index contributed by atoms with van der Waals surface area (Å²) in [5.74, 6) is -0.682. The van der Waals surface area contributed by atoms with E-state index in [1.54, 1.807) is 24.3 Å². The van der Waals surface area contributed by atoms with Gasteiger partial charge in [-0.15, -0.1) is 0 Å². The molecule has 2 aromatic rings. The molecular weight excluding hydrogens is 511 g/mol. The number of carbonyl (C=O) groups excluding carboxylic acids is 2. The standard InChI is InChI=1S/C32H36BClO5/c1-4-7-19(14-20-11-12-21(35)15-27(20)34)10-13-28-29-24(18(2)3)16-25-30(26(29)17-33(38)39-28)32(37)23-9-6-5-8-22(23)31(25)36/h5-6,8-9,11-12,14-15,18,25-26,28,30,35,38H,4,7,10,13,16-17H2,1-3H3/b19-14+/t25-,26+,28-,30-/m1/s1. The van der Waals surface area contributed by atoms with Crippen LogP contribution in [0.3, 0.4) is 0 Å². The van der Waals surface area contributed by atoms with Gasteiger partial charge in [-0.25, -0.2) is 0 Å². The van der Waals surface area contributed by atoms with E-state index in [4.69, 9.17) is 16.3 Å². The summed E-state index contributed by atoms with van der Waals surface area (Å²) in [6.07, 6.45) is 5.90. The first kappa shape index (κ1) is 27.9. The fourth-order valence-electron chi connectivity index (χ4n) is 6.91. The minimum atomic E-state index is -0.985. The number of fused-ring (bicyclic) bond motifs is 4. The summed E-state index contributed by atoms with van der Waals surface area (Å²) in [6, 6.07) is 12.1. The highest BCUT2D eigenvalue weighted by atomic mass is 35.5. The summed E-state index contributed by atoms with van der Waals surface area (Å²) in [5.41, 5.74) is 5.42. The molecule has 1 fully saturated rings. The van der Waals surface area contributed by atoms with Crippen LogP contribution in [-0.4, -0.2) is 34.9 Å². The van der Waals surface area contributed by atoms with Crippen molar-refractivity contribution in [1.29, 1.82) is 0 Å². The van der Waals surface area contributed by atoms with Crippen LogP contribution in [0.25, 0.3) is 6.08 Å². The van der Waals surface area contributed by atoms with Crippen LogP contribution in [0.5, 0.6) is 5.75 Å². The molecular formula is C32H36BClO5. The van der Waals surface area contributed by atoms with Crippen LogP contribution >= 0.6 is 11.6 Å². The SMILES string of the molecule is CCC/C(=C\c1ccc(O)cc1Cl)CC[C@H]1OB(O)C[C@H]2C1=C(C(C)C)C[C@H]1C(=O)c3ccccc3C(=O)[C@H]12. The number of halogens is 1. The molecule has 3 aliphatic rings. The topological polar surface area (TPSA) is 83.8 Å². The Morgan fingerprint density at radius 1 is 1.10 bits per heavy atom. The van der Waals surface area contributed by atoms with Crippen LogP contribution in [0.2, 0.25) is 11.3 Å². The molecule has 0 spiro atoms.